The Balaban J connectivity index is 1.91. The van der Waals surface area contributed by atoms with Crippen LogP contribution in [0.5, 0.6) is 5.88 Å². The van der Waals surface area contributed by atoms with Crippen LogP contribution in [0.4, 0.5) is 11.5 Å². The summed E-state index contributed by atoms with van der Waals surface area (Å²) < 4.78 is 5.56. The second-order valence-electron chi connectivity index (χ2n) is 5.84. The molecular formula is C16H27N3O. The van der Waals surface area contributed by atoms with E-state index in [1.54, 1.807) is 0 Å². The molecule has 2 atom stereocenters. The number of anilines is 2. The van der Waals surface area contributed by atoms with E-state index in [9.17, 15) is 0 Å². The summed E-state index contributed by atoms with van der Waals surface area (Å²) in [7, 11) is 0. The normalized spacial score (nSPS) is 22.5. The van der Waals surface area contributed by atoms with Crippen molar-refractivity contribution in [1.82, 2.24) is 4.98 Å². The topological polar surface area (TPSA) is 60.2 Å². The lowest BCUT2D eigenvalue weighted by atomic mass is 9.80. The van der Waals surface area contributed by atoms with Gasteiger partial charge in [0.1, 0.15) is 5.82 Å². The molecule has 1 saturated carbocycles. The van der Waals surface area contributed by atoms with E-state index < -0.39 is 0 Å². The Morgan fingerprint density at radius 3 is 2.90 bits per heavy atom. The van der Waals surface area contributed by atoms with Crippen molar-refractivity contribution in [2.45, 2.75) is 46.0 Å². The highest BCUT2D eigenvalue weighted by atomic mass is 16.5. The Hall–Kier alpha value is -1.45. The van der Waals surface area contributed by atoms with Gasteiger partial charge in [0.2, 0.25) is 5.88 Å². The number of hydrogen-bond donors (Lipinski definition) is 2. The molecule has 0 spiro atoms. The fraction of sp³-hybridized carbons (Fsp3) is 0.688. The SMILES string of the molecule is CCCOc1nc(NCC2CCCCC2C)ccc1N. The molecule has 1 heterocycles. The molecule has 0 bridgehead atoms. The zero-order valence-electron chi connectivity index (χ0n) is 12.7. The number of nitrogens with one attached hydrogen (secondary N) is 1. The first-order valence-corrected chi connectivity index (χ1v) is 7.84. The van der Waals surface area contributed by atoms with Crippen molar-refractivity contribution in [2.24, 2.45) is 11.8 Å². The van der Waals surface area contributed by atoms with E-state index in [0.717, 1.165) is 30.6 Å². The van der Waals surface area contributed by atoms with Gasteiger partial charge in [-0.2, -0.15) is 4.98 Å². The number of aromatic nitrogens is 1. The minimum Gasteiger partial charge on any atom is -0.476 e. The zero-order chi connectivity index (χ0) is 14.4. The van der Waals surface area contributed by atoms with Gasteiger partial charge in [-0.15, -0.1) is 0 Å². The third kappa shape index (κ3) is 4.02. The van der Waals surface area contributed by atoms with Crippen LogP contribution in [0.3, 0.4) is 0 Å². The van der Waals surface area contributed by atoms with Gasteiger partial charge in [-0.05, 0) is 36.8 Å². The Morgan fingerprint density at radius 1 is 1.35 bits per heavy atom. The molecule has 0 saturated heterocycles. The number of ether oxygens (including phenoxy) is 1. The molecule has 3 N–H and O–H groups in total. The molecule has 2 rings (SSSR count). The van der Waals surface area contributed by atoms with Gasteiger partial charge in [-0.1, -0.05) is 33.1 Å². The molecule has 0 aromatic carbocycles. The quantitative estimate of drug-likeness (QED) is 0.832. The van der Waals surface area contributed by atoms with Gasteiger partial charge in [-0.3, -0.25) is 0 Å². The van der Waals surface area contributed by atoms with E-state index >= 15 is 0 Å². The fourth-order valence-corrected chi connectivity index (χ4v) is 2.80. The number of pyridine rings is 1. The van der Waals surface area contributed by atoms with Crippen molar-refractivity contribution in [3.05, 3.63) is 12.1 Å². The van der Waals surface area contributed by atoms with E-state index in [1.807, 2.05) is 12.1 Å². The number of rotatable bonds is 6. The van der Waals surface area contributed by atoms with Crippen molar-refractivity contribution >= 4 is 11.5 Å². The molecule has 0 radical (unpaired) electrons. The number of hydrogen-bond acceptors (Lipinski definition) is 4. The van der Waals surface area contributed by atoms with Gasteiger partial charge in [-0.25, -0.2) is 0 Å². The highest BCUT2D eigenvalue weighted by molar-refractivity contribution is 5.53. The van der Waals surface area contributed by atoms with Crippen LogP contribution in [-0.4, -0.2) is 18.1 Å². The van der Waals surface area contributed by atoms with Crippen LogP contribution < -0.4 is 15.8 Å². The van der Waals surface area contributed by atoms with Crippen LogP contribution in [0.15, 0.2) is 12.1 Å². The molecule has 20 heavy (non-hydrogen) atoms. The Morgan fingerprint density at radius 2 is 2.15 bits per heavy atom. The van der Waals surface area contributed by atoms with E-state index in [2.05, 4.69) is 24.1 Å². The lowest BCUT2D eigenvalue weighted by Gasteiger charge is -2.29. The van der Waals surface area contributed by atoms with Gasteiger partial charge in [0.15, 0.2) is 0 Å². The van der Waals surface area contributed by atoms with E-state index in [4.69, 9.17) is 10.5 Å². The van der Waals surface area contributed by atoms with E-state index in [-0.39, 0.29) is 0 Å². The predicted molar refractivity (Wildman–Crippen MR) is 84.0 cm³/mol. The van der Waals surface area contributed by atoms with Gasteiger partial charge >= 0.3 is 0 Å². The number of nitrogens with zero attached hydrogens (tertiary/aromatic N) is 1. The second kappa shape index (κ2) is 7.36. The molecule has 4 nitrogen and oxygen atoms in total. The third-order valence-electron chi connectivity index (χ3n) is 4.17. The van der Waals surface area contributed by atoms with E-state index in [0.29, 0.717) is 18.2 Å². The minimum atomic E-state index is 0.550. The average Bonchev–Trinajstić information content (AvgIpc) is 2.46. The van der Waals surface area contributed by atoms with Crippen molar-refractivity contribution in [1.29, 1.82) is 0 Å². The summed E-state index contributed by atoms with van der Waals surface area (Å²) in [6, 6.07) is 3.80. The Labute approximate surface area is 122 Å². The van der Waals surface area contributed by atoms with Crippen molar-refractivity contribution in [3.8, 4) is 5.88 Å². The molecule has 1 aliphatic rings. The maximum absolute atomic E-state index is 5.88. The molecular weight excluding hydrogens is 250 g/mol. The average molecular weight is 277 g/mol. The summed E-state index contributed by atoms with van der Waals surface area (Å²) in [5, 5.41) is 3.44. The summed E-state index contributed by atoms with van der Waals surface area (Å²) in [4.78, 5) is 4.46. The standard InChI is InChI=1S/C16H27N3O/c1-3-10-20-16-14(17)8-9-15(19-16)18-11-13-7-5-4-6-12(13)2/h8-9,12-13H,3-7,10-11,17H2,1-2H3,(H,18,19). The number of nitrogen functional groups attached to an aromatic ring is 1. The molecule has 0 aliphatic heterocycles. The smallest absolute Gasteiger partial charge is 0.239 e. The summed E-state index contributed by atoms with van der Waals surface area (Å²) in [6.07, 6.45) is 6.37. The fourth-order valence-electron chi connectivity index (χ4n) is 2.80. The molecule has 2 unspecified atom stereocenters. The maximum Gasteiger partial charge on any atom is 0.239 e. The van der Waals surface area contributed by atoms with Gasteiger partial charge in [0, 0.05) is 6.54 Å². The van der Waals surface area contributed by atoms with Crippen LogP contribution in [0.2, 0.25) is 0 Å². The van der Waals surface area contributed by atoms with Crippen molar-refractivity contribution in [3.63, 3.8) is 0 Å². The lowest BCUT2D eigenvalue weighted by Crippen LogP contribution is -2.24. The first-order chi connectivity index (χ1) is 9.70. The largest absolute Gasteiger partial charge is 0.476 e. The van der Waals surface area contributed by atoms with Gasteiger partial charge < -0.3 is 15.8 Å². The zero-order valence-corrected chi connectivity index (χ0v) is 12.7. The highest BCUT2D eigenvalue weighted by Gasteiger charge is 2.21. The molecule has 4 heteroatoms. The van der Waals surface area contributed by atoms with E-state index in [1.165, 1.54) is 25.7 Å². The molecule has 0 amide bonds. The minimum absolute atomic E-state index is 0.550. The lowest BCUT2D eigenvalue weighted by molar-refractivity contribution is 0.268. The van der Waals surface area contributed by atoms with Crippen LogP contribution >= 0.6 is 0 Å². The summed E-state index contributed by atoms with van der Waals surface area (Å²) in [5.41, 5.74) is 6.48. The summed E-state index contributed by atoms with van der Waals surface area (Å²) in [6.45, 7) is 6.08. The maximum atomic E-state index is 5.88. The monoisotopic (exact) mass is 277 g/mol. The predicted octanol–water partition coefficient (Wildman–Crippen LogP) is 3.69. The van der Waals surface area contributed by atoms with Gasteiger partial charge in [0.25, 0.3) is 0 Å². The van der Waals surface area contributed by atoms with Crippen molar-refractivity contribution in [2.75, 3.05) is 24.2 Å². The first-order valence-electron chi connectivity index (χ1n) is 7.84. The summed E-state index contributed by atoms with van der Waals surface area (Å²) >= 11 is 0. The molecule has 112 valence electrons. The summed E-state index contributed by atoms with van der Waals surface area (Å²) in [5.74, 6) is 2.97. The van der Waals surface area contributed by atoms with Gasteiger partial charge in [0.05, 0.1) is 12.3 Å². The van der Waals surface area contributed by atoms with Crippen LogP contribution in [0.25, 0.3) is 0 Å². The van der Waals surface area contributed by atoms with Crippen LogP contribution in [0.1, 0.15) is 46.0 Å². The molecule has 1 aromatic heterocycles. The first kappa shape index (κ1) is 14.9. The van der Waals surface area contributed by atoms with Crippen LogP contribution in [-0.2, 0) is 0 Å². The van der Waals surface area contributed by atoms with Crippen molar-refractivity contribution < 1.29 is 4.74 Å². The molecule has 1 aromatic rings. The highest BCUT2D eigenvalue weighted by Crippen LogP contribution is 2.30. The Bertz CT molecular complexity index is 422. The molecule has 1 aliphatic carbocycles. The number of nitrogens with two attached hydrogens (primary N) is 1. The molecule has 1 fully saturated rings. The third-order valence-corrected chi connectivity index (χ3v) is 4.17. The van der Waals surface area contributed by atoms with Crippen LogP contribution in [0, 0.1) is 11.8 Å². The second-order valence-corrected chi connectivity index (χ2v) is 5.84. The Kier molecular flexibility index (Phi) is 5.50.